The summed E-state index contributed by atoms with van der Waals surface area (Å²) < 4.78 is 11.1. The van der Waals surface area contributed by atoms with E-state index in [0.29, 0.717) is 23.5 Å². The highest BCUT2D eigenvalue weighted by Crippen LogP contribution is 2.33. The summed E-state index contributed by atoms with van der Waals surface area (Å²) in [6.07, 6.45) is 8.42. The van der Waals surface area contributed by atoms with Gasteiger partial charge in [0.15, 0.2) is 5.82 Å². The zero-order valence-corrected chi connectivity index (χ0v) is 20.9. The van der Waals surface area contributed by atoms with Crippen LogP contribution in [-0.4, -0.2) is 59.4 Å². The smallest absolute Gasteiger partial charge is 0.162 e. The first kappa shape index (κ1) is 23.6. The molecule has 2 aliphatic rings. The molecule has 0 bridgehead atoms. The summed E-state index contributed by atoms with van der Waals surface area (Å²) in [4.78, 5) is 18.6. The van der Waals surface area contributed by atoms with Gasteiger partial charge in [0, 0.05) is 43.2 Å². The molecule has 190 valence electrons. The van der Waals surface area contributed by atoms with Gasteiger partial charge in [0.05, 0.1) is 30.4 Å². The van der Waals surface area contributed by atoms with E-state index in [1.807, 2.05) is 12.1 Å². The van der Waals surface area contributed by atoms with E-state index in [4.69, 9.17) is 19.4 Å². The first-order valence-electron chi connectivity index (χ1n) is 12.8. The summed E-state index contributed by atoms with van der Waals surface area (Å²) in [6, 6.07) is 12.8. The number of anilines is 3. The minimum Gasteiger partial charge on any atom is -0.494 e. The third-order valence-electron chi connectivity index (χ3n) is 7.09. The molecule has 1 atom stereocenters. The Morgan fingerprint density at radius 3 is 2.68 bits per heavy atom. The van der Waals surface area contributed by atoms with Gasteiger partial charge in [-0.15, -0.1) is 0 Å². The van der Waals surface area contributed by atoms with Crippen molar-refractivity contribution >= 4 is 28.2 Å². The topological polar surface area (TPSA) is 106 Å². The summed E-state index contributed by atoms with van der Waals surface area (Å²) in [5.41, 5.74) is 3.95. The van der Waals surface area contributed by atoms with Gasteiger partial charge in [-0.05, 0) is 61.6 Å². The van der Waals surface area contributed by atoms with Gasteiger partial charge >= 0.3 is 0 Å². The van der Waals surface area contributed by atoms with Gasteiger partial charge in [0.25, 0.3) is 0 Å². The van der Waals surface area contributed by atoms with Gasteiger partial charge in [-0.25, -0.2) is 15.0 Å². The maximum atomic E-state index is 5.59. The fourth-order valence-corrected chi connectivity index (χ4v) is 5.07. The van der Waals surface area contributed by atoms with Crippen LogP contribution in [0, 0.1) is 0 Å². The number of hydrogen-bond donors (Lipinski definition) is 3. The molecule has 0 unspecified atom stereocenters. The van der Waals surface area contributed by atoms with E-state index in [1.54, 1.807) is 25.7 Å². The molecule has 3 N–H and O–H groups in total. The molecule has 0 radical (unpaired) electrons. The van der Waals surface area contributed by atoms with E-state index >= 15 is 0 Å². The molecule has 2 fully saturated rings. The van der Waals surface area contributed by atoms with Gasteiger partial charge < -0.3 is 25.4 Å². The monoisotopic (exact) mass is 497 g/mol. The maximum absolute atomic E-state index is 5.59. The summed E-state index contributed by atoms with van der Waals surface area (Å²) >= 11 is 0. The van der Waals surface area contributed by atoms with E-state index < -0.39 is 0 Å². The molecule has 1 aromatic carbocycles. The van der Waals surface area contributed by atoms with Crippen molar-refractivity contribution in [2.24, 2.45) is 0 Å². The second-order valence-corrected chi connectivity index (χ2v) is 9.53. The molecule has 6 rings (SSSR count). The van der Waals surface area contributed by atoms with E-state index in [9.17, 15) is 0 Å². The van der Waals surface area contributed by atoms with Crippen molar-refractivity contribution in [1.29, 1.82) is 0 Å². The van der Waals surface area contributed by atoms with Gasteiger partial charge in [0.2, 0.25) is 0 Å². The van der Waals surface area contributed by atoms with Crippen molar-refractivity contribution in [3.63, 3.8) is 0 Å². The number of ether oxygens (including phenoxy) is 2. The Labute approximate surface area is 216 Å². The molecule has 0 amide bonds. The van der Waals surface area contributed by atoms with Crippen molar-refractivity contribution in [2.45, 2.75) is 31.2 Å². The number of pyridine rings is 2. The summed E-state index contributed by atoms with van der Waals surface area (Å²) in [7, 11) is 1.64. The van der Waals surface area contributed by atoms with Gasteiger partial charge in [-0.1, -0.05) is 12.1 Å². The average molecular weight is 498 g/mol. The average Bonchev–Trinajstić information content (AvgIpc) is 3.47. The van der Waals surface area contributed by atoms with Gasteiger partial charge in [-0.2, -0.15) is 0 Å². The van der Waals surface area contributed by atoms with E-state index in [1.165, 1.54) is 5.56 Å². The van der Waals surface area contributed by atoms with Crippen LogP contribution in [0.4, 0.5) is 17.3 Å². The van der Waals surface area contributed by atoms with Crippen molar-refractivity contribution in [3.05, 3.63) is 60.6 Å². The van der Waals surface area contributed by atoms with Crippen LogP contribution in [0.15, 0.2) is 55.0 Å². The van der Waals surface area contributed by atoms with Gasteiger partial charge in [0.1, 0.15) is 17.4 Å². The lowest BCUT2D eigenvalue weighted by Crippen LogP contribution is -2.23. The molecule has 5 heterocycles. The van der Waals surface area contributed by atoms with Crippen LogP contribution in [0.3, 0.4) is 0 Å². The number of hydrogen-bond acceptors (Lipinski definition) is 9. The highest BCUT2D eigenvalue weighted by atomic mass is 16.5. The highest BCUT2D eigenvalue weighted by Gasteiger charge is 2.20. The second kappa shape index (κ2) is 10.7. The normalized spacial score (nSPS) is 18.1. The number of benzene rings is 1. The number of methoxy groups -OCH3 is 1. The molecular weight excluding hydrogens is 466 g/mol. The minimum absolute atomic E-state index is 0.294. The number of nitrogens with one attached hydrogen (secondary N) is 3. The van der Waals surface area contributed by atoms with Crippen molar-refractivity contribution in [3.8, 4) is 17.1 Å². The van der Waals surface area contributed by atoms with Crippen LogP contribution in [-0.2, 0) is 4.74 Å². The molecule has 3 aromatic heterocycles. The lowest BCUT2D eigenvalue weighted by atomic mass is 9.92. The van der Waals surface area contributed by atoms with E-state index in [-0.39, 0.29) is 0 Å². The SMILES string of the molecule is COc1cncc2nc(-c3ccnc(Nc4ccc(C5CCOCC5)cc4)c3)nc(N[C@@H]3CCNC3)c12. The lowest BCUT2D eigenvalue weighted by Gasteiger charge is -2.22. The molecule has 0 aliphatic carbocycles. The van der Waals surface area contributed by atoms with Crippen molar-refractivity contribution < 1.29 is 9.47 Å². The zero-order chi connectivity index (χ0) is 25.0. The quantitative estimate of drug-likeness (QED) is 0.340. The fraction of sp³-hybridized carbons (Fsp3) is 0.357. The molecule has 2 saturated heterocycles. The van der Waals surface area contributed by atoms with Crippen LogP contribution in [0.2, 0.25) is 0 Å². The molecule has 37 heavy (non-hydrogen) atoms. The predicted octanol–water partition coefficient (Wildman–Crippen LogP) is 4.51. The summed E-state index contributed by atoms with van der Waals surface area (Å²) in [6.45, 7) is 3.57. The number of fused-ring (bicyclic) bond motifs is 1. The predicted molar refractivity (Wildman–Crippen MR) is 145 cm³/mol. The first-order chi connectivity index (χ1) is 18.3. The lowest BCUT2D eigenvalue weighted by molar-refractivity contribution is 0.0853. The molecule has 4 aromatic rings. The van der Waals surface area contributed by atoms with E-state index in [2.05, 4.69) is 50.2 Å². The van der Waals surface area contributed by atoms with Crippen LogP contribution in [0.1, 0.15) is 30.7 Å². The molecule has 0 spiro atoms. The van der Waals surface area contributed by atoms with Crippen LogP contribution in [0.5, 0.6) is 5.75 Å². The van der Waals surface area contributed by atoms with Crippen molar-refractivity contribution in [2.75, 3.05) is 44.0 Å². The standard InChI is InChI=1S/C28H31N7O2/c1-36-24-17-30-16-23-26(24)28(33-22-7-10-29-15-22)35-27(34-23)20-6-11-31-25(14-20)32-21-4-2-18(3-5-21)19-8-12-37-13-9-19/h2-6,11,14,16-17,19,22,29H,7-10,12-13,15H2,1H3,(H,31,32)(H,33,34,35)/t22-/m1/s1. The van der Waals surface area contributed by atoms with Crippen LogP contribution < -0.4 is 20.7 Å². The third kappa shape index (κ3) is 5.19. The van der Waals surface area contributed by atoms with Crippen LogP contribution in [0.25, 0.3) is 22.3 Å². The summed E-state index contributed by atoms with van der Waals surface area (Å²) in [5.74, 6) is 3.32. The number of rotatable bonds is 7. The highest BCUT2D eigenvalue weighted by molar-refractivity contribution is 5.95. The molecule has 9 heteroatoms. The first-order valence-corrected chi connectivity index (χ1v) is 12.8. The fourth-order valence-electron chi connectivity index (χ4n) is 5.07. The molecular formula is C28H31N7O2. The largest absolute Gasteiger partial charge is 0.494 e. The number of nitrogens with zero attached hydrogens (tertiary/aromatic N) is 4. The third-order valence-corrected chi connectivity index (χ3v) is 7.09. The zero-order valence-electron chi connectivity index (χ0n) is 20.9. The van der Waals surface area contributed by atoms with E-state index in [0.717, 1.165) is 79.4 Å². The maximum Gasteiger partial charge on any atom is 0.162 e. The van der Waals surface area contributed by atoms with Crippen LogP contribution >= 0.6 is 0 Å². The second-order valence-electron chi connectivity index (χ2n) is 9.53. The molecule has 0 saturated carbocycles. The minimum atomic E-state index is 0.294. The molecule has 2 aliphatic heterocycles. The Hall–Kier alpha value is -3.82. The Bertz CT molecular complexity index is 1370. The molecule has 9 nitrogen and oxygen atoms in total. The Balaban J connectivity index is 1.28. The van der Waals surface area contributed by atoms with Gasteiger partial charge in [-0.3, -0.25) is 4.98 Å². The summed E-state index contributed by atoms with van der Waals surface area (Å²) in [5, 5.41) is 11.3. The Kier molecular flexibility index (Phi) is 6.79. The van der Waals surface area contributed by atoms with Crippen molar-refractivity contribution in [1.82, 2.24) is 25.3 Å². The Morgan fingerprint density at radius 2 is 1.89 bits per heavy atom. The Morgan fingerprint density at radius 1 is 1.03 bits per heavy atom. The number of aromatic nitrogens is 4.